The van der Waals surface area contributed by atoms with Gasteiger partial charge in [0.25, 0.3) is 11.5 Å². The van der Waals surface area contributed by atoms with Gasteiger partial charge in [-0.2, -0.15) is 0 Å². The summed E-state index contributed by atoms with van der Waals surface area (Å²) in [4.78, 5) is 31.0. The summed E-state index contributed by atoms with van der Waals surface area (Å²) in [6.07, 6.45) is 0.0839. The minimum atomic E-state index is -0.997. The topological polar surface area (TPSA) is 72.8 Å². The number of rotatable bonds is 6. The summed E-state index contributed by atoms with van der Waals surface area (Å²) in [5.41, 5.74) is -1.30. The number of hydrogen-bond donors (Lipinski definition) is 1. The Labute approximate surface area is 187 Å². The van der Waals surface area contributed by atoms with E-state index in [0.717, 1.165) is 9.63 Å². The maximum Gasteiger partial charge on any atom is 0.288 e. The van der Waals surface area contributed by atoms with Gasteiger partial charge in [-0.25, -0.2) is 13.8 Å². The Morgan fingerprint density at radius 1 is 1.19 bits per heavy atom. The van der Waals surface area contributed by atoms with Crippen LogP contribution < -0.4 is 10.9 Å². The molecule has 7 nitrogen and oxygen atoms in total. The van der Waals surface area contributed by atoms with E-state index in [9.17, 15) is 18.4 Å². The summed E-state index contributed by atoms with van der Waals surface area (Å²) >= 11 is 3.18. The van der Waals surface area contributed by atoms with E-state index in [0.29, 0.717) is 4.47 Å². The smallest absolute Gasteiger partial charge is 0.288 e. The zero-order chi connectivity index (χ0) is 22.9. The lowest BCUT2D eigenvalue weighted by Gasteiger charge is -2.30. The summed E-state index contributed by atoms with van der Waals surface area (Å²) in [7, 11) is 1.31. The number of anilines is 2. The summed E-state index contributed by atoms with van der Waals surface area (Å²) in [5.74, 6) is -2.22. The standard InChI is InChI=1S/C21H24BrF2N3O4/c1-21(2,3)30-9-10-31-27-8-7-13-16(19(27)28)18(26(4)20(29)17(13)24)25-15-6-5-12(22)11-14(15)23/h5-6,11,25H,7-10H2,1-4H3. The normalized spacial score (nSPS) is 14.0. The van der Waals surface area contributed by atoms with Crippen molar-refractivity contribution in [2.45, 2.75) is 32.8 Å². The highest BCUT2D eigenvalue weighted by molar-refractivity contribution is 9.10. The third-order valence-corrected chi connectivity index (χ3v) is 5.18. The van der Waals surface area contributed by atoms with Crippen LogP contribution in [0.15, 0.2) is 27.5 Å². The molecule has 0 atom stereocenters. The molecule has 0 fully saturated rings. The lowest BCUT2D eigenvalue weighted by atomic mass is 10.00. The quantitative estimate of drug-likeness (QED) is 0.610. The Hall–Kier alpha value is -2.30. The van der Waals surface area contributed by atoms with Gasteiger partial charge in [0.2, 0.25) is 0 Å². The van der Waals surface area contributed by atoms with E-state index < -0.39 is 23.1 Å². The second-order valence-corrected chi connectivity index (χ2v) is 9.00. The Bertz CT molecular complexity index is 1070. The minimum absolute atomic E-state index is 0.00753. The van der Waals surface area contributed by atoms with Crippen molar-refractivity contribution in [2.24, 2.45) is 7.05 Å². The predicted octanol–water partition coefficient (Wildman–Crippen LogP) is 3.91. The van der Waals surface area contributed by atoms with E-state index in [4.69, 9.17) is 9.57 Å². The van der Waals surface area contributed by atoms with Crippen LogP contribution in [0.3, 0.4) is 0 Å². The van der Waals surface area contributed by atoms with Crippen LogP contribution in [0.1, 0.15) is 36.7 Å². The van der Waals surface area contributed by atoms with Crippen LogP contribution >= 0.6 is 15.9 Å². The third-order valence-electron chi connectivity index (χ3n) is 4.69. The zero-order valence-electron chi connectivity index (χ0n) is 17.7. The first kappa shape index (κ1) is 23.4. The van der Waals surface area contributed by atoms with Crippen molar-refractivity contribution >= 4 is 33.3 Å². The SMILES string of the molecule is Cn1c(Nc2ccc(Br)cc2F)c2c(c(F)c1=O)CCN(OCCOC(C)(C)C)C2=O. The van der Waals surface area contributed by atoms with Crippen LogP contribution in [0.5, 0.6) is 0 Å². The monoisotopic (exact) mass is 499 g/mol. The molecular formula is C21H24BrF2N3O4. The first-order valence-electron chi connectivity index (χ1n) is 9.72. The molecule has 0 spiro atoms. The zero-order valence-corrected chi connectivity index (χ0v) is 19.3. The number of hydrogen-bond acceptors (Lipinski definition) is 5. The van der Waals surface area contributed by atoms with Gasteiger partial charge in [0.05, 0.1) is 36.6 Å². The van der Waals surface area contributed by atoms with E-state index in [1.54, 1.807) is 6.07 Å². The number of carbonyl (C=O) groups is 1. The largest absolute Gasteiger partial charge is 0.373 e. The van der Waals surface area contributed by atoms with Crippen LogP contribution in [0.25, 0.3) is 0 Å². The molecule has 1 amide bonds. The number of benzene rings is 1. The number of halogens is 3. The molecule has 0 radical (unpaired) electrons. The number of amides is 1. The van der Waals surface area contributed by atoms with Gasteiger partial charge in [-0.1, -0.05) is 15.9 Å². The van der Waals surface area contributed by atoms with Crippen molar-refractivity contribution in [3.05, 3.63) is 55.8 Å². The van der Waals surface area contributed by atoms with Gasteiger partial charge in [0.15, 0.2) is 5.82 Å². The molecule has 2 aromatic rings. The van der Waals surface area contributed by atoms with E-state index in [2.05, 4.69) is 21.2 Å². The average molecular weight is 500 g/mol. The second-order valence-electron chi connectivity index (χ2n) is 8.08. The number of ether oxygens (including phenoxy) is 1. The molecule has 0 bridgehead atoms. The van der Waals surface area contributed by atoms with Crippen molar-refractivity contribution in [1.82, 2.24) is 9.63 Å². The molecule has 0 saturated heterocycles. The summed E-state index contributed by atoms with van der Waals surface area (Å²) in [6, 6.07) is 4.29. The van der Waals surface area contributed by atoms with Crippen LogP contribution in [0, 0.1) is 11.6 Å². The summed E-state index contributed by atoms with van der Waals surface area (Å²) in [6.45, 7) is 6.17. The van der Waals surface area contributed by atoms with Crippen molar-refractivity contribution < 1.29 is 23.1 Å². The predicted molar refractivity (Wildman–Crippen MR) is 115 cm³/mol. The minimum Gasteiger partial charge on any atom is -0.373 e. The van der Waals surface area contributed by atoms with Crippen molar-refractivity contribution in [3.8, 4) is 0 Å². The molecule has 1 aliphatic rings. The molecular weight excluding hydrogens is 476 g/mol. The third kappa shape index (κ3) is 5.13. The molecule has 10 heteroatoms. The molecule has 1 aromatic carbocycles. The highest BCUT2D eigenvalue weighted by Crippen LogP contribution is 2.30. The number of fused-ring (bicyclic) bond motifs is 1. The van der Waals surface area contributed by atoms with Gasteiger partial charge in [-0.15, -0.1) is 0 Å². The first-order chi connectivity index (χ1) is 14.5. The fourth-order valence-electron chi connectivity index (χ4n) is 3.19. The van der Waals surface area contributed by atoms with Gasteiger partial charge in [-0.3, -0.25) is 19.0 Å². The Morgan fingerprint density at radius 2 is 1.90 bits per heavy atom. The Kier molecular flexibility index (Phi) is 6.82. The Morgan fingerprint density at radius 3 is 2.55 bits per heavy atom. The van der Waals surface area contributed by atoms with Crippen LogP contribution in [-0.4, -0.2) is 40.9 Å². The average Bonchev–Trinajstić information content (AvgIpc) is 2.68. The van der Waals surface area contributed by atoms with Crippen LogP contribution in [0.4, 0.5) is 20.3 Å². The number of nitrogens with one attached hydrogen (secondary N) is 1. The van der Waals surface area contributed by atoms with Gasteiger partial charge < -0.3 is 10.1 Å². The van der Waals surface area contributed by atoms with Gasteiger partial charge >= 0.3 is 0 Å². The number of pyridine rings is 1. The molecule has 0 aliphatic carbocycles. The fraction of sp³-hybridized carbons (Fsp3) is 0.429. The molecule has 1 aromatic heterocycles. The fourth-order valence-corrected chi connectivity index (χ4v) is 3.52. The van der Waals surface area contributed by atoms with Gasteiger partial charge in [0, 0.05) is 17.1 Å². The highest BCUT2D eigenvalue weighted by atomic mass is 79.9. The molecule has 31 heavy (non-hydrogen) atoms. The number of nitrogens with zero attached hydrogens (tertiary/aromatic N) is 2. The summed E-state index contributed by atoms with van der Waals surface area (Å²) < 4.78 is 36.1. The number of carbonyl (C=O) groups excluding carboxylic acids is 1. The van der Waals surface area contributed by atoms with Crippen LogP contribution in [0.2, 0.25) is 0 Å². The van der Waals surface area contributed by atoms with E-state index in [1.165, 1.54) is 19.2 Å². The van der Waals surface area contributed by atoms with Crippen molar-refractivity contribution in [1.29, 1.82) is 0 Å². The maximum absolute atomic E-state index is 14.7. The van der Waals surface area contributed by atoms with Crippen LogP contribution in [-0.2, 0) is 23.0 Å². The van der Waals surface area contributed by atoms with E-state index in [-0.39, 0.29) is 54.4 Å². The number of aromatic nitrogens is 1. The lowest BCUT2D eigenvalue weighted by Crippen LogP contribution is -2.42. The lowest BCUT2D eigenvalue weighted by molar-refractivity contribution is -0.148. The van der Waals surface area contributed by atoms with Crippen molar-refractivity contribution in [3.63, 3.8) is 0 Å². The Balaban J connectivity index is 1.93. The molecule has 168 valence electrons. The molecule has 2 heterocycles. The first-order valence-corrected chi connectivity index (χ1v) is 10.5. The molecule has 0 unspecified atom stereocenters. The highest BCUT2D eigenvalue weighted by Gasteiger charge is 2.33. The molecule has 1 N–H and O–H groups in total. The molecule has 3 rings (SSSR count). The maximum atomic E-state index is 14.7. The van der Waals surface area contributed by atoms with E-state index >= 15 is 0 Å². The van der Waals surface area contributed by atoms with Gasteiger partial charge in [-0.05, 0) is 45.4 Å². The van der Waals surface area contributed by atoms with Crippen molar-refractivity contribution in [2.75, 3.05) is 25.1 Å². The number of hydroxylamine groups is 2. The summed E-state index contributed by atoms with van der Waals surface area (Å²) in [5, 5.41) is 3.89. The molecule has 1 aliphatic heterocycles. The molecule has 0 saturated carbocycles. The van der Waals surface area contributed by atoms with Gasteiger partial charge in [0.1, 0.15) is 11.6 Å². The van der Waals surface area contributed by atoms with E-state index in [1.807, 2.05) is 20.8 Å². The second kappa shape index (κ2) is 9.05.